The van der Waals surface area contributed by atoms with E-state index in [4.69, 9.17) is 16.1 Å². The highest BCUT2D eigenvalue weighted by molar-refractivity contribution is 6.33. The van der Waals surface area contributed by atoms with E-state index in [9.17, 15) is 22.0 Å². The summed E-state index contributed by atoms with van der Waals surface area (Å²) >= 11 is 6.09. The van der Waals surface area contributed by atoms with E-state index >= 15 is 0 Å². The van der Waals surface area contributed by atoms with E-state index < -0.39 is 29.9 Å². The van der Waals surface area contributed by atoms with Gasteiger partial charge in [-0.3, -0.25) is 0 Å². The Bertz CT molecular complexity index is 1260. The summed E-state index contributed by atoms with van der Waals surface area (Å²) in [5.74, 6) is -1.02. The molecule has 2 aromatic heterocycles. The molecule has 0 amide bonds. The summed E-state index contributed by atoms with van der Waals surface area (Å²) in [6.45, 7) is -0.845. The van der Waals surface area contributed by atoms with Crippen LogP contribution < -0.4 is 5.32 Å². The van der Waals surface area contributed by atoms with Crippen LogP contribution in [0.25, 0.3) is 28.3 Å². The van der Waals surface area contributed by atoms with Crippen molar-refractivity contribution in [1.29, 1.82) is 0 Å². The molecule has 0 spiro atoms. The normalized spacial score (nSPS) is 11.7. The third-order valence-electron chi connectivity index (χ3n) is 4.73. The van der Waals surface area contributed by atoms with Crippen LogP contribution in [0.15, 0.2) is 53.2 Å². The predicted octanol–water partition coefficient (Wildman–Crippen LogP) is 6.52. The molecule has 0 radical (unpaired) electrons. The number of alkyl halides is 4. The Labute approximate surface area is 183 Å². The summed E-state index contributed by atoms with van der Waals surface area (Å²) in [6, 6.07) is 9.46. The van der Waals surface area contributed by atoms with E-state index in [1.54, 1.807) is 0 Å². The second-order valence-corrected chi connectivity index (χ2v) is 7.11. The van der Waals surface area contributed by atoms with Crippen LogP contribution in [-0.4, -0.2) is 22.0 Å². The van der Waals surface area contributed by atoms with E-state index in [-0.39, 0.29) is 39.0 Å². The molecule has 4 rings (SSSR count). The van der Waals surface area contributed by atoms with Crippen molar-refractivity contribution < 1.29 is 26.5 Å². The minimum atomic E-state index is -4.86. The van der Waals surface area contributed by atoms with Gasteiger partial charge in [0.15, 0.2) is 11.5 Å². The van der Waals surface area contributed by atoms with Crippen molar-refractivity contribution >= 4 is 17.3 Å². The third kappa shape index (κ3) is 3.70. The van der Waals surface area contributed by atoms with Crippen molar-refractivity contribution in [2.75, 3.05) is 12.4 Å². The first-order valence-electron chi connectivity index (χ1n) is 9.19. The number of anilines is 1. The van der Waals surface area contributed by atoms with Crippen LogP contribution in [0.5, 0.6) is 0 Å². The molecule has 2 aromatic carbocycles. The highest BCUT2D eigenvalue weighted by Crippen LogP contribution is 2.45. The fraction of sp³-hybridized carbons (Fsp3) is 0.143. The molecule has 0 aliphatic heterocycles. The molecule has 0 saturated carbocycles. The van der Waals surface area contributed by atoms with Gasteiger partial charge in [-0.1, -0.05) is 35.0 Å². The Hall–Kier alpha value is -3.40. The standard InChI is InChI=1S/C21H14ClF5N4O/c1-28-18-17(16-14(22)6-3-7-15(16)24)30-32-19(18)13-10-29-31(20(13)21(25,26)27)12-5-2-4-11(8-12)9-23/h2-8,10,28H,9H2,1H3. The van der Waals surface area contributed by atoms with Gasteiger partial charge < -0.3 is 9.84 Å². The molecule has 166 valence electrons. The molecule has 4 aromatic rings. The summed E-state index contributed by atoms with van der Waals surface area (Å²) in [4.78, 5) is 0. The summed E-state index contributed by atoms with van der Waals surface area (Å²) < 4.78 is 75.6. The first kappa shape index (κ1) is 21.8. The maximum absolute atomic E-state index is 14.4. The van der Waals surface area contributed by atoms with Crippen LogP contribution in [0.3, 0.4) is 0 Å². The quantitative estimate of drug-likeness (QED) is 0.339. The molecule has 11 heteroatoms. The largest absolute Gasteiger partial charge is 0.434 e. The number of nitrogens with zero attached hydrogens (tertiary/aromatic N) is 3. The lowest BCUT2D eigenvalue weighted by Crippen LogP contribution is -2.14. The predicted molar refractivity (Wildman–Crippen MR) is 109 cm³/mol. The van der Waals surface area contributed by atoms with E-state index in [1.807, 2.05) is 0 Å². The van der Waals surface area contributed by atoms with Crippen molar-refractivity contribution in [3.05, 3.63) is 70.8 Å². The summed E-state index contributed by atoms with van der Waals surface area (Å²) in [6.07, 6.45) is -3.90. The zero-order chi connectivity index (χ0) is 23.0. The van der Waals surface area contributed by atoms with E-state index in [0.29, 0.717) is 4.68 Å². The second-order valence-electron chi connectivity index (χ2n) is 6.70. The maximum atomic E-state index is 14.4. The van der Waals surface area contributed by atoms with Crippen molar-refractivity contribution in [3.8, 4) is 28.3 Å². The van der Waals surface area contributed by atoms with Gasteiger partial charge in [0.05, 0.1) is 28.0 Å². The van der Waals surface area contributed by atoms with Crippen LogP contribution >= 0.6 is 11.6 Å². The molecule has 0 atom stereocenters. The van der Waals surface area contributed by atoms with Crippen LogP contribution in [0, 0.1) is 5.82 Å². The smallest absolute Gasteiger partial charge is 0.383 e. The molecule has 2 heterocycles. The molecule has 0 bridgehead atoms. The van der Waals surface area contributed by atoms with E-state index in [2.05, 4.69) is 15.6 Å². The number of aromatic nitrogens is 3. The Kier molecular flexibility index (Phi) is 5.64. The lowest BCUT2D eigenvalue weighted by Gasteiger charge is -2.13. The molecule has 0 unspecified atom stereocenters. The van der Waals surface area contributed by atoms with Crippen LogP contribution in [0.2, 0.25) is 5.02 Å². The molecule has 0 aliphatic carbocycles. The highest BCUT2D eigenvalue weighted by atomic mass is 35.5. The van der Waals surface area contributed by atoms with Gasteiger partial charge in [0.2, 0.25) is 0 Å². The zero-order valence-electron chi connectivity index (χ0n) is 16.3. The number of hydrogen-bond acceptors (Lipinski definition) is 4. The van der Waals surface area contributed by atoms with Gasteiger partial charge in [-0.05, 0) is 29.8 Å². The lowest BCUT2D eigenvalue weighted by atomic mass is 10.1. The Morgan fingerprint density at radius 1 is 1.16 bits per heavy atom. The Morgan fingerprint density at radius 3 is 2.56 bits per heavy atom. The average molecular weight is 469 g/mol. The first-order chi connectivity index (χ1) is 15.3. The SMILES string of the molecule is CNc1c(-c2c(F)cccc2Cl)noc1-c1cnn(-c2cccc(CF)c2)c1C(F)(F)F. The summed E-state index contributed by atoms with van der Waals surface area (Å²) in [7, 11) is 1.43. The number of nitrogens with one attached hydrogen (secondary N) is 1. The van der Waals surface area contributed by atoms with Crippen molar-refractivity contribution in [1.82, 2.24) is 14.9 Å². The maximum Gasteiger partial charge on any atom is 0.434 e. The molecule has 0 fully saturated rings. The zero-order valence-corrected chi connectivity index (χ0v) is 17.1. The fourth-order valence-electron chi connectivity index (χ4n) is 3.36. The van der Waals surface area contributed by atoms with Crippen molar-refractivity contribution in [2.24, 2.45) is 0 Å². The molecule has 5 nitrogen and oxygen atoms in total. The van der Waals surface area contributed by atoms with Crippen molar-refractivity contribution in [3.63, 3.8) is 0 Å². The van der Waals surface area contributed by atoms with Crippen LogP contribution in [0.1, 0.15) is 11.3 Å². The number of rotatable bonds is 5. The van der Waals surface area contributed by atoms with Gasteiger partial charge in [-0.25, -0.2) is 13.5 Å². The molecule has 1 N–H and O–H groups in total. The Morgan fingerprint density at radius 2 is 1.91 bits per heavy atom. The van der Waals surface area contributed by atoms with Gasteiger partial charge in [-0.2, -0.15) is 18.3 Å². The number of halogens is 6. The topological polar surface area (TPSA) is 55.9 Å². The first-order valence-corrected chi connectivity index (χ1v) is 9.56. The van der Waals surface area contributed by atoms with Crippen molar-refractivity contribution in [2.45, 2.75) is 12.9 Å². The van der Waals surface area contributed by atoms with E-state index in [1.165, 1.54) is 43.4 Å². The monoisotopic (exact) mass is 468 g/mol. The number of benzene rings is 2. The molecular weight excluding hydrogens is 455 g/mol. The lowest BCUT2D eigenvalue weighted by molar-refractivity contribution is -0.142. The highest BCUT2D eigenvalue weighted by Gasteiger charge is 2.41. The molecule has 0 aliphatic rings. The molecule has 32 heavy (non-hydrogen) atoms. The Balaban J connectivity index is 1.94. The molecule has 0 saturated heterocycles. The summed E-state index contributed by atoms with van der Waals surface area (Å²) in [5.41, 5.74) is -1.59. The minimum Gasteiger partial charge on any atom is -0.383 e. The van der Waals surface area contributed by atoms with Gasteiger partial charge in [-0.15, -0.1) is 0 Å². The van der Waals surface area contributed by atoms with Gasteiger partial charge >= 0.3 is 6.18 Å². The average Bonchev–Trinajstić information content (AvgIpc) is 3.37. The van der Waals surface area contributed by atoms with Crippen LogP contribution in [-0.2, 0) is 12.9 Å². The second kappa shape index (κ2) is 8.27. The number of hydrogen-bond donors (Lipinski definition) is 1. The van der Waals surface area contributed by atoms with E-state index in [0.717, 1.165) is 12.3 Å². The van der Waals surface area contributed by atoms with Gasteiger partial charge in [0.25, 0.3) is 0 Å². The fourth-order valence-corrected chi connectivity index (χ4v) is 3.61. The van der Waals surface area contributed by atoms with Gasteiger partial charge in [0.1, 0.15) is 23.9 Å². The van der Waals surface area contributed by atoms with Crippen LogP contribution in [0.4, 0.5) is 27.6 Å². The third-order valence-corrected chi connectivity index (χ3v) is 5.05. The minimum absolute atomic E-state index is 0.000408. The molecular formula is C21H14ClF5N4O. The summed E-state index contributed by atoms with van der Waals surface area (Å²) in [5, 5.41) is 10.3. The van der Waals surface area contributed by atoms with Gasteiger partial charge in [0, 0.05) is 7.05 Å².